The van der Waals surface area contributed by atoms with Gasteiger partial charge in [0.1, 0.15) is 5.58 Å². The Labute approximate surface area is 159 Å². The first-order valence-corrected chi connectivity index (χ1v) is 8.59. The number of amides is 1. The zero-order valence-electron chi connectivity index (χ0n) is 12.5. The van der Waals surface area contributed by atoms with Crippen LogP contribution >= 0.6 is 34.2 Å². The number of hydrogen-bond donors (Lipinski definition) is 2. The van der Waals surface area contributed by atoms with Crippen molar-refractivity contribution in [3.8, 4) is 11.6 Å². The van der Waals surface area contributed by atoms with Gasteiger partial charge >= 0.3 is 0 Å². The molecule has 0 radical (unpaired) electrons. The number of carbonyl (C=O) groups is 1. The van der Waals surface area contributed by atoms with E-state index in [2.05, 4.69) is 48.5 Å². The largest absolute Gasteiger partial charge is 0.453 e. The Balaban J connectivity index is 1.62. The van der Waals surface area contributed by atoms with E-state index in [-0.39, 0.29) is 5.91 Å². The molecule has 0 aliphatic heterocycles. The molecular weight excluding hydrogens is 457 g/mol. The molecule has 0 spiro atoms. The molecule has 4 aromatic rings. The Hall–Kier alpha value is -2.46. The van der Waals surface area contributed by atoms with E-state index < -0.39 is 0 Å². The van der Waals surface area contributed by atoms with Crippen molar-refractivity contribution in [2.24, 2.45) is 0 Å². The summed E-state index contributed by atoms with van der Waals surface area (Å²) in [6, 6.07) is 12.3. The molecule has 4 rings (SSSR count). The monoisotopic (exact) mass is 465 g/mol. The lowest BCUT2D eigenvalue weighted by Gasteiger charge is -2.06. The Morgan fingerprint density at radius 1 is 1.20 bits per heavy atom. The number of carbonyl (C=O) groups excluding carboxylic acids is 1. The molecule has 7 nitrogen and oxygen atoms in total. The van der Waals surface area contributed by atoms with E-state index in [1.165, 1.54) is 0 Å². The zero-order chi connectivity index (χ0) is 17.4. The van der Waals surface area contributed by atoms with Crippen molar-refractivity contribution in [2.45, 2.75) is 0 Å². The first kappa shape index (κ1) is 16.0. The molecule has 2 aromatic carbocycles. The summed E-state index contributed by atoms with van der Waals surface area (Å²) in [5, 5.41) is 18.0. The van der Waals surface area contributed by atoms with Gasteiger partial charge in [0.2, 0.25) is 5.82 Å². The van der Waals surface area contributed by atoms with Crippen molar-refractivity contribution in [3.63, 3.8) is 0 Å². The zero-order valence-corrected chi connectivity index (χ0v) is 15.4. The van der Waals surface area contributed by atoms with Gasteiger partial charge < -0.3 is 9.73 Å². The summed E-state index contributed by atoms with van der Waals surface area (Å²) in [7, 11) is 0. The summed E-state index contributed by atoms with van der Waals surface area (Å²) >= 11 is 8.11. The van der Waals surface area contributed by atoms with Gasteiger partial charge in [0.25, 0.3) is 5.91 Å². The van der Waals surface area contributed by atoms with Crippen LogP contribution in [0.5, 0.6) is 0 Å². The SMILES string of the molecule is O=C(Nc1ccc(Cl)c(I)c1)c1ccc2cc(-c3nn[nH]n3)oc2c1. The van der Waals surface area contributed by atoms with Crippen molar-refractivity contribution < 1.29 is 9.21 Å². The van der Waals surface area contributed by atoms with E-state index in [1.54, 1.807) is 36.4 Å². The summed E-state index contributed by atoms with van der Waals surface area (Å²) in [5.41, 5.74) is 1.72. The van der Waals surface area contributed by atoms with Crippen LogP contribution in [-0.4, -0.2) is 26.5 Å². The Kier molecular flexibility index (Phi) is 4.14. The Morgan fingerprint density at radius 3 is 2.84 bits per heavy atom. The maximum absolute atomic E-state index is 12.5. The number of rotatable bonds is 3. The lowest BCUT2D eigenvalue weighted by molar-refractivity contribution is 0.102. The van der Waals surface area contributed by atoms with Crippen LogP contribution < -0.4 is 5.32 Å². The second kappa shape index (κ2) is 6.45. The van der Waals surface area contributed by atoms with E-state index in [9.17, 15) is 4.79 Å². The number of aromatic amines is 1. The fourth-order valence-electron chi connectivity index (χ4n) is 2.33. The van der Waals surface area contributed by atoms with Gasteiger partial charge in [-0.2, -0.15) is 5.21 Å². The van der Waals surface area contributed by atoms with Gasteiger partial charge in [-0.3, -0.25) is 4.79 Å². The molecule has 0 saturated carbocycles. The minimum Gasteiger partial charge on any atom is -0.453 e. The average Bonchev–Trinajstić information content (AvgIpc) is 3.26. The van der Waals surface area contributed by atoms with Crippen molar-refractivity contribution >= 4 is 56.8 Å². The highest BCUT2D eigenvalue weighted by molar-refractivity contribution is 14.1. The molecule has 0 fully saturated rings. The molecule has 2 heterocycles. The molecule has 0 aliphatic rings. The molecule has 0 unspecified atom stereocenters. The number of tetrazole rings is 1. The number of nitrogens with zero attached hydrogens (tertiary/aromatic N) is 3. The third-order valence-corrected chi connectivity index (χ3v) is 5.07. The minimum absolute atomic E-state index is 0.238. The molecule has 0 aliphatic carbocycles. The maximum atomic E-state index is 12.5. The van der Waals surface area contributed by atoms with Crippen LogP contribution in [0.15, 0.2) is 46.9 Å². The topological polar surface area (TPSA) is 96.7 Å². The van der Waals surface area contributed by atoms with Gasteiger partial charge in [-0.25, -0.2) is 0 Å². The average molecular weight is 466 g/mol. The fourth-order valence-corrected chi connectivity index (χ4v) is 2.96. The first-order valence-electron chi connectivity index (χ1n) is 7.14. The molecule has 2 aromatic heterocycles. The van der Waals surface area contributed by atoms with Crippen molar-refractivity contribution in [3.05, 3.63) is 56.6 Å². The number of hydrogen-bond acceptors (Lipinski definition) is 5. The quantitative estimate of drug-likeness (QED) is 0.444. The number of anilines is 1. The molecule has 1 amide bonds. The number of aromatic nitrogens is 4. The summed E-state index contributed by atoms with van der Waals surface area (Å²) in [6.07, 6.45) is 0. The van der Waals surface area contributed by atoms with Crippen molar-refractivity contribution in [1.82, 2.24) is 20.6 Å². The van der Waals surface area contributed by atoms with Gasteiger partial charge in [-0.1, -0.05) is 17.7 Å². The normalized spacial score (nSPS) is 11.0. The van der Waals surface area contributed by atoms with E-state index >= 15 is 0 Å². The van der Waals surface area contributed by atoms with Crippen LogP contribution in [0, 0.1) is 3.57 Å². The summed E-state index contributed by atoms with van der Waals surface area (Å²) < 4.78 is 6.57. The van der Waals surface area contributed by atoms with E-state index in [1.807, 2.05) is 6.07 Å². The second-order valence-electron chi connectivity index (χ2n) is 5.18. The van der Waals surface area contributed by atoms with Crippen LogP contribution in [0.25, 0.3) is 22.6 Å². The number of benzene rings is 2. The lowest BCUT2D eigenvalue weighted by atomic mass is 10.1. The molecular formula is C16H9ClIN5O2. The standard InChI is InChI=1S/C16H9ClIN5O2/c17-11-4-3-10(7-12(11)18)19-16(24)9-2-1-8-5-14(25-13(8)6-9)15-20-22-23-21-15/h1-7H,(H,19,24)(H,20,21,22,23). The second-order valence-corrected chi connectivity index (χ2v) is 6.75. The highest BCUT2D eigenvalue weighted by Crippen LogP contribution is 2.27. The molecule has 9 heteroatoms. The lowest BCUT2D eigenvalue weighted by Crippen LogP contribution is -2.11. The summed E-state index contributed by atoms with van der Waals surface area (Å²) in [4.78, 5) is 12.5. The first-order chi connectivity index (χ1) is 12.1. The highest BCUT2D eigenvalue weighted by atomic mass is 127. The predicted molar refractivity (Wildman–Crippen MR) is 102 cm³/mol. The Morgan fingerprint density at radius 2 is 2.08 bits per heavy atom. The molecule has 0 bridgehead atoms. The van der Waals surface area contributed by atoms with Crippen LogP contribution in [0.3, 0.4) is 0 Å². The predicted octanol–water partition coefficient (Wildman–Crippen LogP) is 4.12. The van der Waals surface area contributed by atoms with E-state index in [4.69, 9.17) is 16.0 Å². The number of nitrogens with one attached hydrogen (secondary N) is 2. The third kappa shape index (κ3) is 3.22. The number of halogens is 2. The van der Waals surface area contributed by atoms with Gasteiger partial charge in [0.15, 0.2) is 5.76 Å². The number of H-pyrrole nitrogens is 1. The van der Waals surface area contributed by atoms with Crippen LogP contribution in [0.1, 0.15) is 10.4 Å². The van der Waals surface area contributed by atoms with Crippen LogP contribution in [0.2, 0.25) is 5.02 Å². The fraction of sp³-hybridized carbons (Fsp3) is 0. The maximum Gasteiger partial charge on any atom is 0.255 e. The van der Waals surface area contributed by atoms with Crippen molar-refractivity contribution in [2.75, 3.05) is 5.32 Å². The minimum atomic E-state index is -0.238. The molecule has 0 atom stereocenters. The van der Waals surface area contributed by atoms with E-state index in [0.717, 1.165) is 8.96 Å². The molecule has 124 valence electrons. The van der Waals surface area contributed by atoms with Gasteiger partial charge in [-0.05, 0) is 64.2 Å². The van der Waals surface area contributed by atoms with Crippen LogP contribution in [0.4, 0.5) is 5.69 Å². The Bertz CT molecular complexity index is 1080. The summed E-state index contributed by atoms with van der Waals surface area (Å²) in [6.45, 7) is 0. The van der Waals surface area contributed by atoms with Gasteiger partial charge in [-0.15, -0.1) is 10.2 Å². The van der Waals surface area contributed by atoms with Crippen molar-refractivity contribution in [1.29, 1.82) is 0 Å². The highest BCUT2D eigenvalue weighted by Gasteiger charge is 2.13. The number of furan rings is 1. The summed E-state index contributed by atoms with van der Waals surface area (Å²) in [5.74, 6) is 0.601. The van der Waals surface area contributed by atoms with Crippen LogP contribution in [-0.2, 0) is 0 Å². The number of fused-ring (bicyclic) bond motifs is 1. The molecule has 2 N–H and O–H groups in total. The molecule has 25 heavy (non-hydrogen) atoms. The van der Waals surface area contributed by atoms with Gasteiger partial charge in [0.05, 0.1) is 5.02 Å². The van der Waals surface area contributed by atoms with Gasteiger partial charge in [0, 0.05) is 20.2 Å². The third-order valence-electron chi connectivity index (χ3n) is 3.53. The van der Waals surface area contributed by atoms with E-state index in [0.29, 0.717) is 33.4 Å². The smallest absolute Gasteiger partial charge is 0.255 e. The molecule has 0 saturated heterocycles.